The Morgan fingerprint density at radius 1 is 1.06 bits per heavy atom. The first kappa shape index (κ1) is 22.1. The van der Waals surface area contributed by atoms with Crippen LogP contribution in [-0.2, 0) is 4.79 Å². The Morgan fingerprint density at radius 3 is 2.52 bits per heavy atom. The highest BCUT2D eigenvalue weighted by molar-refractivity contribution is 5.91. The van der Waals surface area contributed by atoms with Gasteiger partial charge in [0, 0.05) is 57.2 Å². The normalized spacial score (nSPS) is 13.6. The summed E-state index contributed by atoms with van der Waals surface area (Å²) in [5.74, 6) is 0.922. The molecule has 3 amide bonds. The van der Waals surface area contributed by atoms with Crippen LogP contribution in [-0.4, -0.2) is 64.1 Å². The molecular weight excluding hydrogens is 422 g/mol. The van der Waals surface area contributed by atoms with Gasteiger partial charge in [-0.1, -0.05) is 18.2 Å². The Bertz CT molecular complexity index is 1160. The molecule has 1 aliphatic heterocycles. The maximum Gasteiger partial charge on any atom is 0.330 e. The third kappa shape index (κ3) is 5.22. The number of amides is 3. The zero-order valence-electron chi connectivity index (χ0n) is 18.5. The number of rotatable bonds is 6. The highest BCUT2D eigenvalue weighted by atomic mass is 16.2. The minimum atomic E-state index is -0.434. The molecule has 0 spiro atoms. The number of imidazole rings is 1. The van der Waals surface area contributed by atoms with Gasteiger partial charge in [-0.25, -0.2) is 14.6 Å². The summed E-state index contributed by atoms with van der Waals surface area (Å²) in [6, 6.07) is 12.4. The van der Waals surface area contributed by atoms with Crippen LogP contribution in [0.25, 0.3) is 5.69 Å². The summed E-state index contributed by atoms with van der Waals surface area (Å²) in [5, 5.41) is 5.49. The second kappa shape index (κ2) is 10.0. The SMILES string of the molecule is Cc1c[nH]c(=O)n1-c1ccccc1NC(=O)NCCC(=O)N1CCN(c2ccccn2)CC1. The summed E-state index contributed by atoms with van der Waals surface area (Å²) in [4.78, 5) is 48.0. The maximum absolute atomic E-state index is 12.5. The van der Waals surface area contributed by atoms with Crippen molar-refractivity contribution in [3.63, 3.8) is 0 Å². The lowest BCUT2D eigenvalue weighted by Crippen LogP contribution is -2.49. The number of aromatic amines is 1. The second-order valence-corrected chi connectivity index (χ2v) is 7.77. The molecule has 3 heterocycles. The number of urea groups is 1. The number of piperazine rings is 1. The van der Waals surface area contributed by atoms with E-state index in [-0.39, 0.29) is 24.6 Å². The Labute approximate surface area is 191 Å². The molecule has 4 rings (SSSR count). The molecule has 10 heteroatoms. The number of benzene rings is 1. The minimum Gasteiger partial charge on any atom is -0.353 e. The van der Waals surface area contributed by atoms with Crippen molar-refractivity contribution in [1.82, 2.24) is 24.8 Å². The van der Waals surface area contributed by atoms with Crippen LogP contribution in [0.5, 0.6) is 0 Å². The van der Waals surface area contributed by atoms with Gasteiger partial charge in [0.2, 0.25) is 5.91 Å². The standard InChI is InChI=1S/C23H27N7O3/c1-17-16-26-23(33)30(17)19-7-3-2-6-18(19)27-22(32)25-11-9-21(31)29-14-12-28(13-15-29)20-8-4-5-10-24-20/h2-8,10,16H,9,11-15H2,1H3,(H,26,33)(H2,25,27,32). The van der Waals surface area contributed by atoms with Crippen LogP contribution >= 0.6 is 0 Å². The molecule has 1 saturated heterocycles. The number of nitrogens with one attached hydrogen (secondary N) is 3. The third-order valence-corrected chi connectivity index (χ3v) is 5.58. The van der Waals surface area contributed by atoms with Gasteiger partial charge in [-0.15, -0.1) is 0 Å². The topological polar surface area (TPSA) is 115 Å². The quantitative estimate of drug-likeness (QED) is 0.530. The monoisotopic (exact) mass is 449 g/mol. The predicted octanol–water partition coefficient (Wildman–Crippen LogP) is 1.73. The molecule has 1 fully saturated rings. The highest BCUT2D eigenvalue weighted by Crippen LogP contribution is 2.19. The summed E-state index contributed by atoms with van der Waals surface area (Å²) < 4.78 is 1.49. The molecule has 0 aliphatic carbocycles. The summed E-state index contributed by atoms with van der Waals surface area (Å²) in [5.41, 5.74) is 1.51. The number of nitrogens with zero attached hydrogens (tertiary/aromatic N) is 4. The molecule has 1 aromatic carbocycles. The predicted molar refractivity (Wildman–Crippen MR) is 126 cm³/mol. The number of hydrogen-bond donors (Lipinski definition) is 3. The Balaban J connectivity index is 1.25. The van der Waals surface area contributed by atoms with Gasteiger partial charge in [-0.05, 0) is 31.2 Å². The van der Waals surface area contributed by atoms with E-state index in [1.54, 1.807) is 43.6 Å². The lowest BCUT2D eigenvalue weighted by Gasteiger charge is -2.35. The summed E-state index contributed by atoms with van der Waals surface area (Å²) in [6.07, 6.45) is 3.59. The maximum atomic E-state index is 12.5. The van der Waals surface area contributed by atoms with E-state index >= 15 is 0 Å². The van der Waals surface area contributed by atoms with Crippen molar-refractivity contribution >= 4 is 23.4 Å². The van der Waals surface area contributed by atoms with Crippen molar-refractivity contribution in [1.29, 1.82) is 0 Å². The number of aromatic nitrogens is 3. The minimum absolute atomic E-state index is 0.00544. The van der Waals surface area contributed by atoms with Crippen LogP contribution in [0.2, 0.25) is 0 Å². The van der Waals surface area contributed by atoms with Gasteiger partial charge >= 0.3 is 11.7 Å². The van der Waals surface area contributed by atoms with Crippen molar-refractivity contribution < 1.29 is 9.59 Å². The number of H-pyrrole nitrogens is 1. The highest BCUT2D eigenvalue weighted by Gasteiger charge is 2.21. The van der Waals surface area contributed by atoms with Crippen molar-refractivity contribution in [2.45, 2.75) is 13.3 Å². The zero-order chi connectivity index (χ0) is 23.2. The number of para-hydroxylation sites is 2. The van der Waals surface area contributed by atoms with Gasteiger partial charge in [-0.2, -0.15) is 0 Å². The van der Waals surface area contributed by atoms with E-state index in [2.05, 4.69) is 25.5 Å². The van der Waals surface area contributed by atoms with Crippen molar-refractivity contribution in [2.24, 2.45) is 0 Å². The molecule has 33 heavy (non-hydrogen) atoms. The number of carbonyl (C=O) groups excluding carboxylic acids is 2. The van der Waals surface area contributed by atoms with E-state index in [0.29, 0.717) is 24.5 Å². The summed E-state index contributed by atoms with van der Waals surface area (Å²) in [6.45, 7) is 4.73. The van der Waals surface area contributed by atoms with E-state index in [9.17, 15) is 14.4 Å². The Hall–Kier alpha value is -4.08. The van der Waals surface area contributed by atoms with Crippen molar-refractivity contribution in [3.05, 3.63) is 71.0 Å². The van der Waals surface area contributed by atoms with Gasteiger partial charge in [0.25, 0.3) is 0 Å². The molecule has 0 radical (unpaired) electrons. The Kier molecular flexibility index (Phi) is 6.72. The van der Waals surface area contributed by atoms with Gasteiger partial charge in [0.05, 0.1) is 11.4 Å². The second-order valence-electron chi connectivity index (χ2n) is 7.77. The molecule has 0 bridgehead atoms. The van der Waals surface area contributed by atoms with Crippen molar-refractivity contribution in [2.75, 3.05) is 42.9 Å². The lowest BCUT2D eigenvalue weighted by atomic mass is 10.2. The summed E-state index contributed by atoms with van der Waals surface area (Å²) >= 11 is 0. The van der Waals surface area contributed by atoms with Crippen LogP contribution < -0.4 is 21.2 Å². The van der Waals surface area contributed by atoms with Gasteiger partial charge < -0.3 is 25.4 Å². The van der Waals surface area contributed by atoms with E-state index in [1.165, 1.54) is 4.57 Å². The van der Waals surface area contributed by atoms with Crippen LogP contribution in [0.15, 0.2) is 59.7 Å². The lowest BCUT2D eigenvalue weighted by molar-refractivity contribution is -0.131. The number of carbonyl (C=O) groups is 2. The average molecular weight is 450 g/mol. The van der Waals surface area contributed by atoms with E-state index in [4.69, 9.17) is 0 Å². The molecule has 1 aliphatic rings. The molecule has 172 valence electrons. The fraction of sp³-hybridized carbons (Fsp3) is 0.304. The first-order valence-corrected chi connectivity index (χ1v) is 10.9. The first-order chi connectivity index (χ1) is 16.0. The van der Waals surface area contributed by atoms with E-state index in [1.807, 2.05) is 23.1 Å². The third-order valence-electron chi connectivity index (χ3n) is 5.58. The van der Waals surface area contributed by atoms with E-state index < -0.39 is 6.03 Å². The molecule has 0 unspecified atom stereocenters. The first-order valence-electron chi connectivity index (χ1n) is 10.9. The van der Waals surface area contributed by atoms with Crippen LogP contribution in [0, 0.1) is 6.92 Å². The number of aryl methyl sites for hydroxylation is 1. The van der Waals surface area contributed by atoms with Gasteiger partial charge in [0.15, 0.2) is 0 Å². The molecule has 3 aromatic rings. The molecule has 3 N–H and O–H groups in total. The van der Waals surface area contributed by atoms with Gasteiger partial charge in [-0.3, -0.25) is 9.36 Å². The smallest absolute Gasteiger partial charge is 0.330 e. The number of anilines is 2. The number of pyridine rings is 1. The summed E-state index contributed by atoms with van der Waals surface area (Å²) in [7, 11) is 0. The fourth-order valence-electron chi connectivity index (χ4n) is 3.86. The molecule has 10 nitrogen and oxygen atoms in total. The molecular formula is C23H27N7O3. The fourth-order valence-corrected chi connectivity index (χ4v) is 3.86. The molecule has 2 aromatic heterocycles. The van der Waals surface area contributed by atoms with Crippen molar-refractivity contribution in [3.8, 4) is 5.69 Å². The van der Waals surface area contributed by atoms with Crippen LogP contribution in [0.1, 0.15) is 12.1 Å². The van der Waals surface area contributed by atoms with Gasteiger partial charge in [0.1, 0.15) is 5.82 Å². The molecule has 0 saturated carbocycles. The Morgan fingerprint density at radius 2 is 1.82 bits per heavy atom. The molecule has 0 atom stereocenters. The van der Waals surface area contributed by atoms with Crippen LogP contribution in [0.3, 0.4) is 0 Å². The van der Waals surface area contributed by atoms with Crippen LogP contribution in [0.4, 0.5) is 16.3 Å². The number of hydrogen-bond acceptors (Lipinski definition) is 5. The zero-order valence-corrected chi connectivity index (χ0v) is 18.5. The average Bonchev–Trinajstić information content (AvgIpc) is 3.17. The van der Waals surface area contributed by atoms with E-state index in [0.717, 1.165) is 24.6 Å². The largest absolute Gasteiger partial charge is 0.353 e.